The third kappa shape index (κ3) is 3.61. The molecule has 0 saturated carbocycles. The second kappa shape index (κ2) is 6.09. The normalized spacial score (nSPS) is 11.6. The van der Waals surface area contributed by atoms with Gasteiger partial charge in [0.1, 0.15) is 0 Å². The zero-order valence-electron chi connectivity index (χ0n) is 11.1. The van der Waals surface area contributed by atoms with Gasteiger partial charge in [0.15, 0.2) is 0 Å². The number of benzene rings is 2. The molecule has 1 nitrogen and oxygen atoms in total. The molecule has 0 N–H and O–H groups in total. The van der Waals surface area contributed by atoms with Crippen molar-refractivity contribution in [3.05, 3.63) is 59.7 Å². The largest absolute Gasteiger partial charge is 0.416 e. The first-order valence-corrected chi connectivity index (χ1v) is 6.26. The molecule has 0 aliphatic rings. The van der Waals surface area contributed by atoms with Crippen LogP contribution in [-0.2, 0) is 17.3 Å². The molecule has 0 radical (unpaired) electrons. The summed E-state index contributed by atoms with van der Waals surface area (Å²) in [6.45, 7) is 0.628. The van der Waals surface area contributed by atoms with Crippen molar-refractivity contribution in [2.24, 2.45) is 0 Å². The molecule has 2 aromatic carbocycles. The predicted octanol–water partition coefficient (Wildman–Crippen LogP) is 4.56. The van der Waals surface area contributed by atoms with Crippen LogP contribution in [0.1, 0.15) is 11.1 Å². The van der Waals surface area contributed by atoms with Gasteiger partial charge in [-0.2, -0.15) is 13.2 Å². The van der Waals surface area contributed by atoms with E-state index in [2.05, 4.69) is 0 Å². The summed E-state index contributed by atoms with van der Waals surface area (Å²) in [5, 5.41) is 0. The fourth-order valence-electron chi connectivity index (χ4n) is 1.96. The summed E-state index contributed by atoms with van der Waals surface area (Å²) in [4.78, 5) is 0. The summed E-state index contributed by atoms with van der Waals surface area (Å²) in [6, 6.07) is 12.8. The fraction of sp³-hybridized carbons (Fsp3) is 0.250. The molecule has 2 rings (SSSR count). The van der Waals surface area contributed by atoms with Gasteiger partial charge < -0.3 is 4.74 Å². The van der Waals surface area contributed by atoms with Gasteiger partial charge in [-0.1, -0.05) is 36.4 Å². The Morgan fingerprint density at radius 3 is 2.25 bits per heavy atom. The Morgan fingerprint density at radius 1 is 0.950 bits per heavy atom. The molecule has 0 bridgehead atoms. The summed E-state index contributed by atoms with van der Waals surface area (Å²) in [7, 11) is 1.64. The Morgan fingerprint density at radius 2 is 1.65 bits per heavy atom. The summed E-state index contributed by atoms with van der Waals surface area (Å²) in [5.41, 5.74) is 1.82. The molecule has 0 unspecified atom stereocenters. The van der Waals surface area contributed by atoms with Gasteiger partial charge in [0.25, 0.3) is 0 Å². The molecule has 0 aromatic heterocycles. The monoisotopic (exact) mass is 280 g/mol. The van der Waals surface area contributed by atoms with Crippen molar-refractivity contribution >= 4 is 0 Å². The van der Waals surface area contributed by atoms with Crippen molar-refractivity contribution < 1.29 is 17.9 Å². The minimum atomic E-state index is -4.31. The minimum absolute atomic E-state index is 0.568. The number of halogens is 3. The van der Waals surface area contributed by atoms with E-state index in [1.165, 1.54) is 12.1 Å². The van der Waals surface area contributed by atoms with Crippen molar-refractivity contribution in [1.82, 2.24) is 0 Å². The molecule has 0 atom stereocenters. The summed E-state index contributed by atoms with van der Waals surface area (Å²) in [5.74, 6) is 0. The maximum absolute atomic E-state index is 12.7. The van der Waals surface area contributed by atoms with Crippen molar-refractivity contribution in [1.29, 1.82) is 0 Å². The third-order valence-electron chi connectivity index (χ3n) is 3.07. The summed E-state index contributed by atoms with van der Waals surface area (Å²) in [6.07, 6.45) is -3.52. The van der Waals surface area contributed by atoms with Crippen molar-refractivity contribution in [3.63, 3.8) is 0 Å². The highest BCUT2D eigenvalue weighted by Crippen LogP contribution is 2.32. The van der Waals surface area contributed by atoms with E-state index in [0.717, 1.165) is 23.6 Å². The maximum atomic E-state index is 12.7. The smallest absolute Gasteiger partial charge is 0.384 e. The SMILES string of the molecule is COCCc1ccc(-c2cccc(C(F)(F)F)c2)cc1. The summed E-state index contributed by atoms with van der Waals surface area (Å²) >= 11 is 0. The van der Waals surface area contributed by atoms with Gasteiger partial charge in [-0.15, -0.1) is 0 Å². The lowest BCUT2D eigenvalue weighted by Crippen LogP contribution is -2.04. The lowest BCUT2D eigenvalue weighted by atomic mass is 10.0. The number of ether oxygens (including phenoxy) is 1. The van der Waals surface area contributed by atoms with Crippen molar-refractivity contribution in [3.8, 4) is 11.1 Å². The Hall–Kier alpha value is -1.81. The lowest BCUT2D eigenvalue weighted by molar-refractivity contribution is -0.137. The molecule has 0 amide bonds. The molecule has 0 spiro atoms. The number of methoxy groups -OCH3 is 1. The Labute approximate surface area is 116 Å². The van der Waals surface area contributed by atoms with Crippen LogP contribution >= 0.6 is 0 Å². The van der Waals surface area contributed by atoms with Crippen molar-refractivity contribution in [2.75, 3.05) is 13.7 Å². The van der Waals surface area contributed by atoms with E-state index < -0.39 is 11.7 Å². The first-order chi connectivity index (χ1) is 9.50. The van der Waals surface area contributed by atoms with E-state index in [9.17, 15) is 13.2 Å². The topological polar surface area (TPSA) is 9.23 Å². The average molecular weight is 280 g/mol. The second-order valence-electron chi connectivity index (χ2n) is 4.52. The van der Waals surface area contributed by atoms with Crippen LogP contribution in [0.3, 0.4) is 0 Å². The van der Waals surface area contributed by atoms with Gasteiger partial charge in [0, 0.05) is 7.11 Å². The van der Waals surface area contributed by atoms with Crippen LogP contribution in [0.5, 0.6) is 0 Å². The van der Waals surface area contributed by atoms with Gasteiger partial charge in [0.2, 0.25) is 0 Å². The minimum Gasteiger partial charge on any atom is -0.384 e. The number of alkyl halides is 3. The van der Waals surface area contributed by atoms with Crippen LogP contribution in [0.2, 0.25) is 0 Å². The molecular weight excluding hydrogens is 265 g/mol. The molecule has 20 heavy (non-hydrogen) atoms. The van der Waals surface area contributed by atoms with Crippen LogP contribution in [0.4, 0.5) is 13.2 Å². The first-order valence-electron chi connectivity index (χ1n) is 6.26. The van der Waals surface area contributed by atoms with Gasteiger partial charge in [-0.3, -0.25) is 0 Å². The molecule has 2 aromatic rings. The summed E-state index contributed by atoms with van der Waals surface area (Å²) < 4.78 is 43.0. The van der Waals surface area contributed by atoms with Crippen LogP contribution in [0.15, 0.2) is 48.5 Å². The molecule has 0 aliphatic heterocycles. The molecule has 4 heteroatoms. The van der Waals surface area contributed by atoms with Crippen LogP contribution in [0, 0.1) is 0 Å². The maximum Gasteiger partial charge on any atom is 0.416 e. The molecule has 0 aliphatic carbocycles. The van der Waals surface area contributed by atoms with E-state index >= 15 is 0 Å². The highest BCUT2D eigenvalue weighted by atomic mass is 19.4. The molecule has 106 valence electrons. The molecular formula is C16H15F3O. The molecule has 0 saturated heterocycles. The van der Waals surface area contributed by atoms with E-state index in [1.54, 1.807) is 13.2 Å². The highest BCUT2D eigenvalue weighted by Gasteiger charge is 2.30. The number of rotatable bonds is 4. The predicted molar refractivity (Wildman–Crippen MR) is 72.5 cm³/mol. The molecule has 0 heterocycles. The van der Waals surface area contributed by atoms with Gasteiger partial charge in [-0.05, 0) is 35.2 Å². The van der Waals surface area contributed by atoms with Crippen LogP contribution < -0.4 is 0 Å². The molecule has 0 fully saturated rings. The van der Waals surface area contributed by atoms with Crippen LogP contribution in [0.25, 0.3) is 11.1 Å². The number of hydrogen-bond acceptors (Lipinski definition) is 1. The van der Waals surface area contributed by atoms with Gasteiger partial charge in [-0.25, -0.2) is 0 Å². The van der Waals surface area contributed by atoms with E-state index in [-0.39, 0.29) is 0 Å². The fourth-order valence-corrected chi connectivity index (χ4v) is 1.96. The van der Waals surface area contributed by atoms with E-state index in [0.29, 0.717) is 12.2 Å². The average Bonchev–Trinajstić information content (AvgIpc) is 2.45. The Bertz CT molecular complexity index is 559. The highest BCUT2D eigenvalue weighted by molar-refractivity contribution is 5.64. The van der Waals surface area contributed by atoms with Gasteiger partial charge in [0.05, 0.1) is 12.2 Å². The zero-order chi connectivity index (χ0) is 14.6. The lowest BCUT2D eigenvalue weighted by Gasteiger charge is -2.09. The first kappa shape index (κ1) is 14.6. The standard InChI is InChI=1S/C16H15F3O/c1-20-10-9-12-5-7-13(8-6-12)14-3-2-4-15(11-14)16(17,18)19/h2-8,11H,9-10H2,1H3. The second-order valence-corrected chi connectivity index (χ2v) is 4.52. The zero-order valence-corrected chi connectivity index (χ0v) is 11.1. The third-order valence-corrected chi connectivity index (χ3v) is 3.07. The Balaban J connectivity index is 2.23. The quantitative estimate of drug-likeness (QED) is 0.797. The van der Waals surface area contributed by atoms with E-state index in [4.69, 9.17) is 4.74 Å². The van der Waals surface area contributed by atoms with Crippen molar-refractivity contribution in [2.45, 2.75) is 12.6 Å². The number of hydrogen-bond donors (Lipinski definition) is 0. The van der Waals surface area contributed by atoms with Crippen LogP contribution in [-0.4, -0.2) is 13.7 Å². The van der Waals surface area contributed by atoms with E-state index in [1.807, 2.05) is 24.3 Å². The Kier molecular flexibility index (Phi) is 4.45. The van der Waals surface area contributed by atoms with Gasteiger partial charge >= 0.3 is 6.18 Å².